The predicted octanol–water partition coefficient (Wildman–Crippen LogP) is 5.29. The molecule has 1 amide bonds. The average Bonchev–Trinajstić information content (AvgIpc) is 3.32. The zero-order valence-electron chi connectivity index (χ0n) is 18.5. The van der Waals surface area contributed by atoms with E-state index in [2.05, 4.69) is 6.07 Å². The molecule has 4 aromatic carbocycles. The van der Waals surface area contributed by atoms with Crippen molar-refractivity contribution in [3.8, 4) is 0 Å². The maximum atomic E-state index is 13.5. The molecule has 0 spiro atoms. The third-order valence-corrected chi connectivity index (χ3v) is 7.82. The fourth-order valence-electron chi connectivity index (χ4n) is 4.25. The van der Waals surface area contributed by atoms with E-state index in [0.29, 0.717) is 17.8 Å². The Kier molecular flexibility index (Phi) is 5.90. The third-order valence-electron chi connectivity index (χ3n) is 6.03. The number of para-hydroxylation sites is 2. The zero-order valence-corrected chi connectivity index (χ0v) is 19.4. The van der Waals surface area contributed by atoms with Gasteiger partial charge in [0, 0.05) is 17.8 Å². The number of fused-ring (bicyclic) bond motifs is 1. The topological polar surface area (TPSA) is 57.7 Å². The Morgan fingerprint density at radius 1 is 0.765 bits per heavy atom. The van der Waals surface area contributed by atoms with Crippen molar-refractivity contribution in [3.63, 3.8) is 0 Å². The second-order valence-corrected chi connectivity index (χ2v) is 10.1. The van der Waals surface area contributed by atoms with Gasteiger partial charge < -0.3 is 4.90 Å². The molecule has 1 aliphatic heterocycles. The number of carbonyl (C=O) groups excluding carboxylic acids is 1. The van der Waals surface area contributed by atoms with E-state index in [1.807, 2.05) is 48.5 Å². The van der Waals surface area contributed by atoms with Crippen LogP contribution in [0.3, 0.4) is 0 Å². The first kappa shape index (κ1) is 21.9. The molecule has 0 radical (unpaired) electrons. The molecule has 0 fully saturated rings. The minimum Gasteiger partial charge on any atom is -0.308 e. The first-order chi connectivity index (χ1) is 16.5. The molecule has 0 aliphatic carbocycles. The number of amides is 1. The molecule has 170 valence electrons. The van der Waals surface area contributed by atoms with Gasteiger partial charge in [0.05, 0.1) is 17.1 Å². The van der Waals surface area contributed by atoms with Gasteiger partial charge in [0.2, 0.25) is 0 Å². The summed E-state index contributed by atoms with van der Waals surface area (Å²) in [5, 5.41) is 0. The van der Waals surface area contributed by atoms with E-state index >= 15 is 0 Å². The number of sulfonamides is 1. The van der Waals surface area contributed by atoms with Gasteiger partial charge in [0.15, 0.2) is 0 Å². The molecule has 4 aromatic rings. The summed E-state index contributed by atoms with van der Waals surface area (Å²) in [6.45, 7) is 0.819. The van der Waals surface area contributed by atoms with E-state index in [0.717, 1.165) is 17.7 Å². The van der Waals surface area contributed by atoms with Gasteiger partial charge in [-0.1, -0.05) is 66.7 Å². The van der Waals surface area contributed by atoms with E-state index < -0.39 is 10.0 Å². The van der Waals surface area contributed by atoms with Crippen LogP contribution in [0.4, 0.5) is 11.4 Å². The Balaban J connectivity index is 1.41. The van der Waals surface area contributed by atoms with Gasteiger partial charge in [0.1, 0.15) is 0 Å². The summed E-state index contributed by atoms with van der Waals surface area (Å²) in [4.78, 5) is 15.2. The van der Waals surface area contributed by atoms with Crippen molar-refractivity contribution >= 4 is 27.3 Å². The smallest absolute Gasteiger partial charge is 0.264 e. The molecular weight excluding hydrogens is 444 g/mol. The molecule has 0 aromatic heterocycles. The fraction of sp³-hybridized carbons (Fsp3) is 0.107. The van der Waals surface area contributed by atoms with Gasteiger partial charge in [0.25, 0.3) is 15.9 Å². The van der Waals surface area contributed by atoms with Gasteiger partial charge in [-0.25, -0.2) is 8.42 Å². The Bertz CT molecular complexity index is 1400. The molecule has 0 N–H and O–H groups in total. The maximum Gasteiger partial charge on any atom is 0.264 e. The van der Waals surface area contributed by atoms with E-state index in [1.54, 1.807) is 59.5 Å². The predicted molar refractivity (Wildman–Crippen MR) is 135 cm³/mol. The largest absolute Gasteiger partial charge is 0.308 e. The summed E-state index contributed by atoms with van der Waals surface area (Å²) in [6.07, 6.45) is 0.851. The van der Waals surface area contributed by atoms with E-state index in [9.17, 15) is 13.2 Å². The molecular formula is C28H24N2O3S. The quantitative estimate of drug-likeness (QED) is 0.387. The minimum absolute atomic E-state index is 0.0478. The molecule has 5 nitrogen and oxygen atoms in total. The summed E-state index contributed by atoms with van der Waals surface area (Å²) in [5.74, 6) is -0.0478. The first-order valence-corrected chi connectivity index (χ1v) is 12.6. The standard InChI is InChI=1S/C28H24N2O3S/c31-28(29-20-19-23-9-7-8-14-27(23)29)24-17-15-22(16-18-24)21-30(25-10-3-1-4-11-25)34(32,33)26-12-5-2-6-13-26/h1-18H,19-21H2. The van der Waals surface area contributed by atoms with Crippen LogP contribution in [0.5, 0.6) is 0 Å². The lowest BCUT2D eigenvalue weighted by Gasteiger charge is -2.25. The molecule has 0 atom stereocenters. The number of hydrogen-bond donors (Lipinski definition) is 0. The summed E-state index contributed by atoms with van der Waals surface area (Å²) >= 11 is 0. The Labute approximate surface area is 199 Å². The van der Waals surface area contributed by atoms with Gasteiger partial charge in [-0.15, -0.1) is 0 Å². The minimum atomic E-state index is -3.77. The van der Waals surface area contributed by atoms with Gasteiger partial charge in [-0.05, 0) is 60.0 Å². The number of rotatable bonds is 6. The van der Waals surface area contributed by atoms with Crippen LogP contribution in [0.1, 0.15) is 21.5 Å². The number of carbonyl (C=O) groups is 1. The third kappa shape index (κ3) is 4.20. The van der Waals surface area contributed by atoms with Crippen molar-refractivity contribution in [3.05, 3.63) is 126 Å². The highest BCUT2D eigenvalue weighted by Gasteiger charge is 2.27. The lowest BCUT2D eigenvalue weighted by molar-refractivity contribution is 0.0989. The Hall–Kier alpha value is -3.90. The van der Waals surface area contributed by atoms with Crippen LogP contribution in [0.25, 0.3) is 0 Å². The molecule has 0 unspecified atom stereocenters. The SMILES string of the molecule is O=C(c1ccc(CN(c2ccccc2)S(=O)(=O)c2ccccc2)cc1)N1CCc2ccccc21. The lowest BCUT2D eigenvalue weighted by atomic mass is 10.1. The highest BCUT2D eigenvalue weighted by Crippen LogP contribution is 2.29. The first-order valence-electron chi connectivity index (χ1n) is 11.2. The summed E-state index contributed by atoms with van der Waals surface area (Å²) in [5.41, 5.74) is 4.09. The molecule has 34 heavy (non-hydrogen) atoms. The molecule has 6 heteroatoms. The van der Waals surface area contributed by atoms with Crippen molar-refractivity contribution < 1.29 is 13.2 Å². The van der Waals surface area contributed by atoms with Gasteiger partial charge in [-0.2, -0.15) is 0 Å². The number of nitrogens with zero attached hydrogens (tertiary/aromatic N) is 2. The van der Waals surface area contributed by atoms with Crippen LogP contribution in [0.15, 0.2) is 114 Å². The fourth-order valence-corrected chi connectivity index (χ4v) is 5.73. The van der Waals surface area contributed by atoms with Crippen molar-refractivity contribution in [1.29, 1.82) is 0 Å². The maximum absolute atomic E-state index is 13.5. The highest BCUT2D eigenvalue weighted by atomic mass is 32.2. The molecule has 1 heterocycles. The number of hydrogen-bond acceptors (Lipinski definition) is 3. The van der Waals surface area contributed by atoms with E-state index in [4.69, 9.17) is 0 Å². The van der Waals surface area contributed by atoms with Crippen LogP contribution in [0.2, 0.25) is 0 Å². The number of benzene rings is 4. The van der Waals surface area contributed by atoms with Crippen molar-refractivity contribution in [1.82, 2.24) is 0 Å². The second-order valence-electron chi connectivity index (χ2n) is 8.19. The zero-order chi connectivity index (χ0) is 23.5. The molecule has 5 rings (SSSR count). The normalized spacial score (nSPS) is 12.9. The molecule has 1 aliphatic rings. The second kappa shape index (κ2) is 9.15. The average molecular weight is 469 g/mol. The summed E-state index contributed by atoms with van der Waals surface area (Å²) < 4.78 is 28.3. The molecule has 0 bridgehead atoms. The monoisotopic (exact) mass is 468 g/mol. The van der Waals surface area contributed by atoms with E-state index in [-0.39, 0.29) is 17.3 Å². The van der Waals surface area contributed by atoms with Crippen LogP contribution in [-0.2, 0) is 23.0 Å². The Morgan fingerprint density at radius 3 is 2.09 bits per heavy atom. The summed E-state index contributed by atoms with van der Waals surface area (Å²) in [6, 6.07) is 32.6. The lowest BCUT2D eigenvalue weighted by Crippen LogP contribution is -2.31. The van der Waals surface area contributed by atoms with Gasteiger partial charge in [-0.3, -0.25) is 9.10 Å². The van der Waals surface area contributed by atoms with Crippen molar-refractivity contribution in [2.45, 2.75) is 17.9 Å². The molecule has 0 saturated heterocycles. The van der Waals surface area contributed by atoms with Crippen molar-refractivity contribution in [2.24, 2.45) is 0 Å². The van der Waals surface area contributed by atoms with Crippen LogP contribution in [0, 0.1) is 0 Å². The van der Waals surface area contributed by atoms with Crippen LogP contribution in [-0.4, -0.2) is 20.9 Å². The van der Waals surface area contributed by atoms with Gasteiger partial charge >= 0.3 is 0 Å². The van der Waals surface area contributed by atoms with Crippen LogP contribution < -0.4 is 9.21 Å². The van der Waals surface area contributed by atoms with Crippen molar-refractivity contribution in [2.75, 3.05) is 15.7 Å². The molecule has 0 saturated carbocycles. The highest BCUT2D eigenvalue weighted by molar-refractivity contribution is 7.92. The number of anilines is 2. The summed E-state index contributed by atoms with van der Waals surface area (Å²) in [7, 11) is -3.77. The Morgan fingerprint density at radius 2 is 1.38 bits per heavy atom. The van der Waals surface area contributed by atoms with Crippen LogP contribution >= 0.6 is 0 Å². The van der Waals surface area contributed by atoms with E-state index in [1.165, 1.54) is 9.87 Å².